The maximum atomic E-state index is 6.00. The molecule has 0 radical (unpaired) electrons. The zero-order valence-corrected chi connectivity index (χ0v) is 13.4. The number of nitrogens with zero attached hydrogens (tertiary/aromatic N) is 1. The molecule has 2 N–H and O–H groups in total. The van der Waals surface area contributed by atoms with Gasteiger partial charge in [0.2, 0.25) is 0 Å². The summed E-state index contributed by atoms with van der Waals surface area (Å²) in [6, 6.07) is 6.40. The summed E-state index contributed by atoms with van der Waals surface area (Å²) >= 11 is 0. The molecule has 1 saturated carbocycles. The average Bonchev–Trinajstić information content (AvgIpc) is 2.89. The van der Waals surface area contributed by atoms with Gasteiger partial charge in [-0.05, 0) is 61.3 Å². The van der Waals surface area contributed by atoms with Crippen LogP contribution in [0.15, 0.2) is 22.6 Å². The first kappa shape index (κ1) is 14.6. The summed E-state index contributed by atoms with van der Waals surface area (Å²) in [7, 11) is 0. The number of oxazole rings is 1. The second kappa shape index (κ2) is 5.45. The smallest absolute Gasteiger partial charge is 0.198 e. The van der Waals surface area contributed by atoms with Crippen LogP contribution in [0.5, 0.6) is 0 Å². The molecule has 0 spiro atoms. The van der Waals surface area contributed by atoms with Crippen LogP contribution in [0.3, 0.4) is 0 Å². The van der Waals surface area contributed by atoms with Crippen LogP contribution in [0.4, 0.5) is 0 Å². The largest absolute Gasteiger partial charge is 0.440 e. The van der Waals surface area contributed by atoms with Gasteiger partial charge < -0.3 is 10.2 Å². The molecule has 0 saturated heterocycles. The lowest BCUT2D eigenvalue weighted by atomic mass is 9.82. The second-order valence-electron chi connectivity index (χ2n) is 7.44. The summed E-state index contributed by atoms with van der Waals surface area (Å²) in [6.07, 6.45) is 4.71. The summed E-state index contributed by atoms with van der Waals surface area (Å²) in [5, 5.41) is 0. The van der Waals surface area contributed by atoms with E-state index in [0.29, 0.717) is 11.8 Å². The molecule has 1 heterocycles. The fraction of sp³-hybridized carbons (Fsp3) is 0.611. The molecule has 1 aliphatic carbocycles. The topological polar surface area (TPSA) is 52.0 Å². The number of hydrogen-bond acceptors (Lipinski definition) is 3. The Hall–Kier alpha value is -1.35. The number of fused-ring (bicyclic) bond motifs is 1. The molecule has 3 heteroatoms. The van der Waals surface area contributed by atoms with Gasteiger partial charge in [0, 0.05) is 5.92 Å². The monoisotopic (exact) mass is 286 g/mol. The van der Waals surface area contributed by atoms with Gasteiger partial charge in [0.05, 0.1) is 0 Å². The predicted octanol–water partition coefficient (Wildman–Crippen LogP) is 4.36. The molecule has 0 aliphatic heterocycles. The normalized spacial score (nSPS) is 23.6. The van der Waals surface area contributed by atoms with Crippen LogP contribution in [0.1, 0.15) is 63.8 Å². The van der Waals surface area contributed by atoms with Crippen molar-refractivity contribution in [3.63, 3.8) is 0 Å². The molecule has 3 nitrogen and oxygen atoms in total. The molecule has 0 unspecified atom stereocenters. The number of benzene rings is 1. The van der Waals surface area contributed by atoms with Gasteiger partial charge in [0.25, 0.3) is 0 Å². The van der Waals surface area contributed by atoms with Crippen molar-refractivity contribution in [3.05, 3.63) is 29.7 Å². The van der Waals surface area contributed by atoms with Crippen LogP contribution in [0, 0.1) is 5.92 Å². The fourth-order valence-electron chi connectivity index (χ4n) is 3.23. The fourth-order valence-corrected chi connectivity index (χ4v) is 3.23. The third-order valence-electron chi connectivity index (χ3n) is 4.80. The Morgan fingerprint density at radius 3 is 2.52 bits per heavy atom. The van der Waals surface area contributed by atoms with E-state index in [1.807, 2.05) is 0 Å². The van der Waals surface area contributed by atoms with Crippen molar-refractivity contribution in [3.8, 4) is 0 Å². The van der Waals surface area contributed by atoms with E-state index in [4.69, 9.17) is 15.1 Å². The van der Waals surface area contributed by atoms with E-state index in [1.165, 1.54) is 18.4 Å². The second-order valence-corrected chi connectivity index (χ2v) is 7.44. The molecule has 114 valence electrons. The van der Waals surface area contributed by atoms with Gasteiger partial charge in [-0.2, -0.15) is 0 Å². The summed E-state index contributed by atoms with van der Waals surface area (Å²) in [6.45, 7) is 7.49. The van der Waals surface area contributed by atoms with E-state index in [9.17, 15) is 0 Å². The minimum atomic E-state index is 0.145. The third kappa shape index (κ3) is 2.98. The Balaban J connectivity index is 1.84. The number of rotatable bonds is 2. The lowest BCUT2D eigenvalue weighted by molar-refractivity contribution is 0.301. The molecule has 1 fully saturated rings. The summed E-state index contributed by atoms with van der Waals surface area (Å²) in [5.74, 6) is 2.09. The van der Waals surface area contributed by atoms with E-state index < -0.39 is 0 Å². The molecule has 1 aromatic carbocycles. The van der Waals surface area contributed by atoms with E-state index in [-0.39, 0.29) is 5.41 Å². The van der Waals surface area contributed by atoms with Gasteiger partial charge in [-0.25, -0.2) is 4.98 Å². The lowest BCUT2D eigenvalue weighted by Gasteiger charge is -2.25. The van der Waals surface area contributed by atoms with Crippen LogP contribution < -0.4 is 5.73 Å². The highest BCUT2D eigenvalue weighted by Crippen LogP contribution is 2.36. The van der Waals surface area contributed by atoms with Crippen molar-refractivity contribution in [2.24, 2.45) is 11.7 Å². The van der Waals surface area contributed by atoms with Crippen molar-refractivity contribution in [1.82, 2.24) is 4.98 Å². The minimum Gasteiger partial charge on any atom is -0.440 e. The highest BCUT2D eigenvalue weighted by atomic mass is 16.3. The van der Waals surface area contributed by atoms with Crippen molar-refractivity contribution in [2.75, 3.05) is 6.54 Å². The maximum Gasteiger partial charge on any atom is 0.198 e. The minimum absolute atomic E-state index is 0.145. The predicted molar refractivity (Wildman–Crippen MR) is 86.5 cm³/mol. The molecular weight excluding hydrogens is 260 g/mol. The highest BCUT2D eigenvalue weighted by Gasteiger charge is 2.25. The first-order chi connectivity index (χ1) is 9.97. The summed E-state index contributed by atoms with van der Waals surface area (Å²) < 4.78 is 6.00. The van der Waals surface area contributed by atoms with Crippen LogP contribution in [0.2, 0.25) is 0 Å². The van der Waals surface area contributed by atoms with Gasteiger partial charge in [0.1, 0.15) is 5.52 Å². The van der Waals surface area contributed by atoms with E-state index in [1.54, 1.807) is 0 Å². The molecule has 3 rings (SSSR count). The zero-order chi connectivity index (χ0) is 15.0. The molecular formula is C18H26N2O. The Morgan fingerprint density at radius 2 is 1.90 bits per heavy atom. The average molecular weight is 286 g/mol. The quantitative estimate of drug-likeness (QED) is 0.892. The summed E-state index contributed by atoms with van der Waals surface area (Å²) in [4.78, 5) is 4.76. The molecule has 21 heavy (non-hydrogen) atoms. The number of hydrogen-bond donors (Lipinski definition) is 1. The standard InChI is InChI=1S/C18H26N2O/c1-18(2,3)14-8-9-16-15(10-14)20-17(21-16)13-6-4-12(11-19)5-7-13/h8-10,12-13H,4-7,11,19H2,1-3H3. The number of aromatic nitrogens is 1. The molecule has 1 aliphatic rings. The molecule has 0 bridgehead atoms. The third-order valence-corrected chi connectivity index (χ3v) is 4.80. The summed E-state index contributed by atoms with van der Waals surface area (Å²) in [5.41, 5.74) is 9.13. The molecule has 0 atom stereocenters. The molecule has 2 aromatic rings. The Kier molecular flexibility index (Phi) is 3.78. The van der Waals surface area contributed by atoms with Crippen molar-refractivity contribution in [1.29, 1.82) is 0 Å². The van der Waals surface area contributed by atoms with Gasteiger partial charge in [-0.15, -0.1) is 0 Å². The van der Waals surface area contributed by atoms with Crippen molar-refractivity contribution >= 4 is 11.1 Å². The maximum absolute atomic E-state index is 6.00. The van der Waals surface area contributed by atoms with Crippen LogP contribution in [-0.4, -0.2) is 11.5 Å². The Bertz CT molecular complexity index is 616. The molecule has 1 aromatic heterocycles. The Labute approximate surface area is 126 Å². The van der Waals surface area contributed by atoms with Gasteiger partial charge >= 0.3 is 0 Å². The number of nitrogens with two attached hydrogens (primary N) is 1. The van der Waals surface area contributed by atoms with E-state index >= 15 is 0 Å². The SMILES string of the molecule is CC(C)(C)c1ccc2oc(C3CCC(CN)CC3)nc2c1. The lowest BCUT2D eigenvalue weighted by Crippen LogP contribution is -2.20. The zero-order valence-electron chi connectivity index (χ0n) is 13.4. The van der Waals surface area contributed by atoms with E-state index in [2.05, 4.69) is 39.0 Å². The van der Waals surface area contributed by atoms with E-state index in [0.717, 1.165) is 36.4 Å². The van der Waals surface area contributed by atoms with Crippen molar-refractivity contribution < 1.29 is 4.42 Å². The highest BCUT2D eigenvalue weighted by molar-refractivity contribution is 5.73. The van der Waals surface area contributed by atoms with Crippen LogP contribution >= 0.6 is 0 Å². The van der Waals surface area contributed by atoms with Gasteiger partial charge in [0.15, 0.2) is 11.5 Å². The Morgan fingerprint density at radius 1 is 1.19 bits per heavy atom. The van der Waals surface area contributed by atoms with Gasteiger partial charge in [-0.1, -0.05) is 26.8 Å². The first-order valence-electron chi connectivity index (χ1n) is 8.08. The van der Waals surface area contributed by atoms with Crippen molar-refractivity contribution in [2.45, 2.75) is 57.8 Å². The molecule has 0 amide bonds. The van der Waals surface area contributed by atoms with Crippen LogP contribution in [-0.2, 0) is 5.41 Å². The van der Waals surface area contributed by atoms with Crippen LogP contribution in [0.25, 0.3) is 11.1 Å². The van der Waals surface area contributed by atoms with Gasteiger partial charge in [-0.3, -0.25) is 0 Å². The first-order valence-corrected chi connectivity index (χ1v) is 8.08.